The van der Waals surface area contributed by atoms with Gasteiger partial charge in [0.15, 0.2) is 6.10 Å². The minimum Gasteiger partial charge on any atom is -0.449 e. The number of hydrogen-bond acceptors (Lipinski definition) is 6. The number of rotatable bonds is 4. The molecule has 154 valence electrons. The van der Waals surface area contributed by atoms with Gasteiger partial charge in [-0.3, -0.25) is 24.6 Å². The van der Waals surface area contributed by atoms with E-state index >= 15 is 0 Å². The van der Waals surface area contributed by atoms with E-state index in [4.69, 9.17) is 4.74 Å². The van der Waals surface area contributed by atoms with Gasteiger partial charge in [-0.2, -0.15) is 0 Å². The van der Waals surface area contributed by atoms with E-state index in [9.17, 15) is 24.0 Å². The van der Waals surface area contributed by atoms with Gasteiger partial charge in [-0.15, -0.1) is 0 Å². The molecule has 0 radical (unpaired) electrons. The number of imide groups is 2. The molecule has 1 aromatic rings. The maximum Gasteiger partial charge on any atom is 0.338 e. The highest BCUT2D eigenvalue weighted by molar-refractivity contribution is 6.21. The number of ether oxygens (including phenoxy) is 1. The van der Waals surface area contributed by atoms with E-state index in [1.54, 1.807) is 0 Å². The molecule has 9 heteroatoms. The molecule has 0 aromatic heterocycles. The molecule has 1 unspecified atom stereocenters. The number of fused-ring (bicyclic) bond motifs is 1. The van der Waals surface area contributed by atoms with Crippen molar-refractivity contribution in [1.82, 2.24) is 15.5 Å². The third kappa shape index (κ3) is 4.44. The van der Waals surface area contributed by atoms with Gasteiger partial charge < -0.3 is 10.1 Å². The summed E-state index contributed by atoms with van der Waals surface area (Å²) in [6.45, 7) is 1.34. The van der Waals surface area contributed by atoms with Crippen LogP contribution in [-0.4, -0.2) is 53.8 Å². The summed E-state index contributed by atoms with van der Waals surface area (Å²) in [5.41, 5.74) is 0.349. The average molecular weight is 401 g/mol. The summed E-state index contributed by atoms with van der Waals surface area (Å²) >= 11 is 0. The molecule has 3 rings (SSSR count). The molecule has 5 amide bonds. The van der Waals surface area contributed by atoms with Gasteiger partial charge in [0.1, 0.15) is 0 Å². The first kappa shape index (κ1) is 20.5. The monoisotopic (exact) mass is 401 g/mol. The molecular weight excluding hydrogens is 378 g/mol. The van der Waals surface area contributed by atoms with Crippen LogP contribution in [0.1, 0.15) is 70.1 Å². The summed E-state index contributed by atoms with van der Waals surface area (Å²) in [7, 11) is 1.35. The Labute approximate surface area is 167 Å². The molecule has 1 atom stereocenters. The Morgan fingerprint density at radius 1 is 1.07 bits per heavy atom. The predicted octanol–water partition coefficient (Wildman–Crippen LogP) is 1.62. The zero-order valence-corrected chi connectivity index (χ0v) is 16.3. The Morgan fingerprint density at radius 3 is 2.41 bits per heavy atom. The molecule has 1 fully saturated rings. The van der Waals surface area contributed by atoms with Gasteiger partial charge in [-0.05, 0) is 38.0 Å². The van der Waals surface area contributed by atoms with E-state index in [1.165, 1.54) is 32.2 Å². The van der Waals surface area contributed by atoms with Gasteiger partial charge in [0.2, 0.25) is 0 Å². The topological polar surface area (TPSA) is 122 Å². The summed E-state index contributed by atoms with van der Waals surface area (Å²) < 4.78 is 5.10. The molecule has 29 heavy (non-hydrogen) atoms. The number of carbonyl (C=O) groups is 5. The molecule has 9 nitrogen and oxygen atoms in total. The van der Waals surface area contributed by atoms with Crippen LogP contribution < -0.4 is 10.6 Å². The van der Waals surface area contributed by atoms with E-state index in [2.05, 4.69) is 10.6 Å². The Hall–Kier alpha value is -3.23. The number of nitrogens with zero attached hydrogens (tertiary/aromatic N) is 1. The molecule has 1 aromatic carbocycles. The summed E-state index contributed by atoms with van der Waals surface area (Å²) in [6, 6.07) is 3.42. The molecule has 2 N–H and O–H groups in total. The van der Waals surface area contributed by atoms with E-state index in [0.29, 0.717) is 0 Å². The van der Waals surface area contributed by atoms with E-state index in [0.717, 1.165) is 37.0 Å². The first-order chi connectivity index (χ1) is 13.8. The predicted molar refractivity (Wildman–Crippen MR) is 101 cm³/mol. The van der Waals surface area contributed by atoms with Crippen LogP contribution in [-0.2, 0) is 9.53 Å². The second kappa shape index (κ2) is 8.42. The third-order valence-electron chi connectivity index (χ3n) is 5.16. The second-order valence-corrected chi connectivity index (χ2v) is 7.27. The fourth-order valence-corrected chi connectivity index (χ4v) is 3.45. The molecular formula is C20H23N3O6. The summed E-state index contributed by atoms with van der Waals surface area (Å²) in [5, 5.41) is 4.92. The maximum atomic E-state index is 12.3. The Balaban J connectivity index is 1.56. The number of carbonyl (C=O) groups excluding carboxylic acids is 5. The standard InChI is InChI=1S/C20H23N3O6/c1-11(16(24)22-20(28)21-13-6-4-3-5-7-13)29-19(27)12-8-9-14-15(10-12)18(26)23(2)17(14)25/h8-11,13H,3-7H2,1-2H3,(H2,21,22,24,28). The smallest absolute Gasteiger partial charge is 0.338 e. The quantitative estimate of drug-likeness (QED) is 0.584. The van der Waals surface area contributed by atoms with Crippen molar-refractivity contribution >= 4 is 29.7 Å². The van der Waals surface area contributed by atoms with Crippen LogP contribution in [0.4, 0.5) is 4.79 Å². The molecule has 0 bridgehead atoms. The van der Waals surface area contributed by atoms with Gasteiger partial charge in [0.05, 0.1) is 16.7 Å². The van der Waals surface area contributed by atoms with Crippen LogP contribution in [0.15, 0.2) is 18.2 Å². The van der Waals surface area contributed by atoms with Crippen molar-refractivity contribution in [3.8, 4) is 0 Å². The lowest BCUT2D eigenvalue weighted by Gasteiger charge is -2.23. The van der Waals surface area contributed by atoms with Gasteiger partial charge >= 0.3 is 12.0 Å². The van der Waals surface area contributed by atoms with Crippen LogP contribution in [0.2, 0.25) is 0 Å². The fourth-order valence-electron chi connectivity index (χ4n) is 3.45. The maximum absolute atomic E-state index is 12.3. The molecule has 1 heterocycles. The Kier molecular flexibility index (Phi) is 5.95. The largest absolute Gasteiger partial charge is 0.449 e. The second-order valence-electron chi connectivity index (χ2n) is 7.27. The fraction of sp³-hybridized carbons (Fsp3) is 0.450. The highest BCUT2D eigenvalue weighted by Gasteiger charge is 2.33. The van der Waals surface area contributed by atoms with Gasteiger partial charge in [-0.25, -0.2) is 9.59 Å². The lowest BCUT2D eigenvalue weighted by atomic mass is 9.96. The highest BCUT2D eigenvalue weighted by atomic mass is 16.5. The van der Waals surface area contributed by atoms with Crippen molar-refractivity contribution in [3.05, 3.63) is 34.9 Å². The molecule has 1 saturated carbocycles. The molecule has 0 spiro atoms. The van der Waals surface area contributed by atoms with Crippen LogP contribution in [0, 0.1) is 0 Å². The van der Waals surface area contributed by atoms with E-state index in [1.807, 2.05) is 0 Å². The van der Waals surface area contributed by atoms with Crippen LogP contribution >= 0.6 is 0 Å². The van der Waals surface area contributed by atoms with Crippen molar-refractivity contribution in [2.75, 3.05) is 7.05 Å². The van der Waals surface area contributed by atoms with Gasteiger partial charge in [0.25, 0.3) is 17.7 Å². The zero-order valence-electron chi connectivity index (χ0n) is 16.3. The van der Waals surface area contributed by atoms with Crippen LogP contribution in [0.3, 0.4) is 0 Å². The van der Waals surface area contributed by atoms with Crippen molar-refractivity contribution in [1.29, 1.82) is 0 Å². The van der Waals surface area contributed by atoms with E-state index in [-0.39, 0.29) is 22.7 Å². The van der Waals surface area contributed by atoms with Crippen molar-refractivity contribution in [3.63, 3.8) is 0 Å². The SMILES string of the molecule is CC(OC(=O)c1ccc2c(c1)C(=O)N(C)C2=O)C(=O)NC(=O)NC1CCCCC1. The Bertz CT molecular complexity index is 875. The molecule has 0 saturated heterocycles. The lowest BCUT2D eigenvalue weighted by Crippen LogP contribution is -2.48. The third-order valence-corrected chi connectivity index (χ3v) is 5.16. The first-order valence-electron chi connectivity index (χ1n) is 9.56. The van der Waals surface area contributed by atoms with Crippen LogP contribution in [0.5, 0.6) is 0 Å². The first-order valence-corrected chi connectivity index (χ1v) is 9.56. The van der Waals surface area contributed by atoms with Crippen molar-refractivity contribution < 1.29 is 28.7 Å². The minimum atomic E-state index is -1.21. The average Bonchev–Trinajstić information content (AvgIpc) is 2.92. The number of nitrogens with one attached hydrogen (secondary N) is 2. The highest BCUT2D eigenvalue weighted by Crippen LogP contribution is 2.23. The number of amides is 5. The Morgan fingerprint density at radius 2 is 1.72 bits per heavy atom. The van der Waals surface area contributed by atoms with Crippen molar-refractivity contribution in [2.45, 2.75) is 51.2 Å². The molecule has 1 aliphatic carbocycles. The van der Waals surface area contributed by atoms with E-state index < -0.39 is 35.8 Å². The molecule has 2 aliphatic rings. The van der Waals surface area contributed by atoms with Crippen LogP contribution in [0.25, 0.3) is 0 Å². The summed E-state index contributed by atoms with van der Waals surface area (Å²) in [5.74, 6) is -2.54. The summed E-state index contributed by atoms with van der Waals surface area (Å²) in [6.07, 6.45) is 3.76. The lowest BCUT2D eigenvalue weighted by molar-refractivity contribution is -0.127. The summed E-state index contributed by atoms with van der Waals surface area (Å²) in [4.78, 5) is 61.3. The van der Waals surface area contributed by atoms with Gasteiger partial charge in [-0.1, -0.05) is 19.3 Å². The number of hydrogen-bond donors (Lipinski definition) is 2. The van der Waals surface area contributed by atoms with Crippen molar-refractivity contribution in [2.24, 2.45) is 0 Å². The number of benzene rings is 1. The number of esters is 1. The zero-order chi connectivity index (χ0) is 21.1. The molecule has 1 aliphatic heterocycles. The number of urea groups is 1. The normalized spacial score (nSPS) is 17.5. The minimum absolute atomic E-state index is 0.0338. The van der Waals surface area contributed by atoms with Gasteiger partial charge in [0, 0.05) is 13.1 Å².